The van der Waals surface area contributed by atoms with E-state index in [1.165, 1.54) is 16.3 Å². The zero-order valence-corrected chi connectivity index (χ0v) is 12.5. The number of benzene rings is 2. The minimum absolute atomic E-state index is 0.161. The summed E-state index contributed by atoms with van der Waals surface area (Å²) in [6, 6.07) is 15.1. The number of fused-ring (bicyclic) bond motifs is 1. The molecule has 4 heteroatoms. The van der Waals surface area contributed by atoms with Gasteiger partial charge in [0.25, 0.3) is 0 Å². The summed E-state index contributed by atoms with van der Waals surface area (Å²) in [6.45, 7) is 0.995. The van der Waals surface area contributed by atoms with Crippen LogP contribution in [0.25, 0.3) is 10.8 Å². The lowest BCUT2D eigenvalue weighted by Crippen LogP contribution is -2.21. The average molecular weight is 280 g/mol. The largest absolute Gasteiger partial charge is 0.309 e. The zero-order valence-electron chi connectivity index (χ0n) is 12.5. The summed E-state index contributed by atoms with van der Waals surface area (Å²) in [5.41, 5.74) is 1.28. The second kappa shape index (κ2) is 6.06. The van der Waals surface area contributed by atoms with Gasteiger partial charge in [0.15, 0.2) is 0 Å². The molecule has 4 nitrogen and oxygen atoms in total. The van der Waals surface area contributed by atoms with Gasteiger partial charge in [-0.2, -0.15) is 15.0 Å². The first-order valence-electron chi connectivity index (χ1n) is 7.24. The van der Waals surface area contributed by atoms with Crippen LogP contribution in [0.4, 0.5) is 0 Å². The van der Waals surface area contributed by atoms with Crippen molar-refractivity contribution < 1.29 is 0 Å². The van der Waals surface area contributed by atoms with E-state index in [0.29, 0.717) is 0 Å². The second-order valence-corrected chi connectivity index (χ2v) is 5.53. The third kappa shape index (κ3) is 2.95. The minimum Gasteiger partial charge on any atom is -0.309 e. The summed E-state index contributed by atoms with van der Waals surface area (Å²) in [6.07, 6.45) is 4.47. The van der Waals surface area contributed by atoms with Gasteiger partial charge in [-0.25, -0.2) is 0 Å². The van der Waals surface area contributed by atoms with E-state index in [1.807, 2.05) is 4.80 Å². The van der Waals surface area contributed by atoms with Gasteiger partial charge in [-0.15, -0.1) is 0 Å². The van der Waals surface area contributed by atoms with Crippen LogP contribution in [0.1, 0.15) is 18.0 Å². The highest BCUT2D eigenvalue weighted by Crippen LogP contribution is 2.28. The Balaban J connectivity index is 2.06. The van der Waals surface area contributed by atoms with E-state index in [0.717, 1.165) is 13.0 Å². The van der Waals surface area contributed by atoms with Crippen LogP contribution < -0.4 is 0 Å². The molecule has 3 rings (SSSR count). The molecule has 0 amide bonds. The Kier molecular flexibility index (Phi) is 3.97. The van der Waals surface area contributed by atoms with Crippen LogP contribution in [0, 0.1) is 0 Å². The van der Waals surface area contributed by atoms with Crippen molar-refractivity contribution in [2.45, 2.75) is 12.5 Å². The maximum absolute atomic E-state index is 4.36. The topological polar surface area (TPSA) is 34.0 Å². The molecule has 0 spiro atoms. The molecule has 0 aliphatic rings. The van der Waals surface area contributed by atoms with Crippen LogP contribution in [0.5, 0.6) is 0 Å². The number of hydrogen-bond acceptors (Lipinski definition) is 3. The van der Waals surface area contributed by atoms with Crippen molar-refractivity contribution in [1.29, 1.82) is 0 Å². The predicted octanol–water partition coefficient (Wildman–Crippen LogP) is 2.97. The lowest BCUT2D eigenvalue weighted by Gasteiger charge is -2.20. The van der Waals surface area contributed by atoms with E-state index in [-0.39, 0.29) is 6.04 Å². The molecule has 0 saturated carbocycles. The molecule has 1 atom stereocenters. The quantitative estimate of drug-likeness (QED) is 0.720. The second-order valence-electron chi connectivity index (χ2n) is 5.53. The number of nitrogens with zero attached hydrogens (tertiary/aromatic N) is 4. The Hall–Kier alpha value is -2.20. The van der Waals surface area contributed by atoms with Crippen molar-refractivity contribution in [3.8, 4) is 0 Å². The Labute approximate surface area is 125 Å². The van der Waals surface area contributed by atoms with Crippen LogP contribution in [-0.2, 0) is 0 Å². The molecular formula is C17H20N4. The molecule has 3 aromatic rings. The number of hydrogen-bond donors (Lipinski definition) is 0. The van der Waals surface area contributed by atoms with E-state index in [2.05, 4.69) is 71.7 Å². The highest BCUT2D eigenvalue weighted by atomic mass is 15.5. The van der Waals surface area contributed by atoms with E-state index in [9.17, 15) is 0 Å². The van der Waals surface area contributed by atoms with E-state index < -0.39 is 0 Å². The van der Waals surface area contributed by atoms with Gasteiger partial charge in [0, 0.05) is 0 Å². The molecule has 2 aromatic carbocycles. The van der Waals surface area contributed by atoms with Crippen molar-refractivity contribution in [3.05, 3.63) is 60.4 Å². The molecule has 0 N–H and O–H groups in total. The smallest absolute Gasteiger partial charge is 0.0983 e. The van der Waals surface area contributed by atoms with Gasteiger partial charge < -0.3 is 4.90 Å². The molecule has 1 unspecified atom stereocenters. The molecule has 0 radical (unpaired) electrons. The van der Waals surface area contributed by atoms with Gasteiger partial charge in [-0.05, 0) is 43.4 Å². The van der Waals surface area contributed by atoms with Gasteiger partial charge >= 0.3 is 0 Å². The molecule has 0 aliphatic carbocycles. The summed E-state index contributed by atoms with van der Waals surface area (Å²) < 4.78 is 0. The first-order chi connectivity index (χ1) is 10.3. The SMILES string of the molecule is CN(C)CCC(c1cccc2ccccc12)n1nccn1. The number of rotatable bonds is 5. The normalized spacial score (nSPS) is 12.9. The van der Waals surface area contributed by atoms with Crippen molar-refractivity contribution in [1.82, 2.24) is 19.9 Å². The van der Waals surface area contributed by atoms with Crippen molar-refractivity contribution in [2.75, 3.05) is 20.6 Å². The summed E-state index contributed by atoms with van der Waals surface area (Å²) in [5, 5.41) is 11.3. The molecule has 0 fully saturated rings. The minimum atomic E-state index is 0.161. The zero-order chi connectivity index (χ0) is 14.7. The first kappa shape index (κ1) is 13.8. The van der Waals surface area contributed by atoms with Crippen LogP contribution in [0.2, 0.25) is 0 Å². The monoisotopic (exact) mass is 280 g/mol. The van der Waals surface area contributed by atoms with Gasteiger partial charge in [0.1, 0.15) is 0 Å². The molecule has 0 bridgehead atoms. The van der Waals surface area contributed by atoms with Crippen molar-refractivity contribution >= 4 is 10.8 Å². The summed E-state index contributed by atoms with van der Waals surface area (Å²) in [4.78, 5) is 4.02. The van der Waals surface area contributed by atoms with Gasteiger partial charge in [-0.1, -0.05) is 42.5 Å². The van der Waals surface area contributed by atoms with Gasteiger partial charge in [-0.3, -0.25) is 0 Å². The molecule has 1 aromatic heterocycles. The van der Waals surface area contributed by atoms with E-state index in [4.69, 9.17) is 0 Å². The third-order valence-electron chi connectivity index (χ3n) is 3.75. The van der Waals surface area contributed by atoms with Crippen LogP contribution in [-0.4, -0.2) is 40.5 Å². The molecular weight excluding hydrogens is 260 g/mol. The fraction of sp³-hybridized carbons (Fsp3) is 0.294. The molecule has 21 heavy (non-hydrogen) atoms. The Bertz CT molecular complexity index is 698. The van der Waals surface area contributed by atoms with Crippen LogP contribution in [0.15, 0.2) is 54.9 Å². The highest BCUT2D eigenvalue weighted by Gasteiger charge is 2.17. The van der Waals surface area contributed by atoms with Gasteiger partial charge in [0.2, 0.25) is 0 Å². The summed E-state index contributed by atoms with van der Waals surface area (Å²) in [7, 11) is 4.19. The fourth-order valence-corrected chi connectivity index (χ4v) is 2.70. The summed E-state index contributed by atoms with van der Waals surface area (Å²) in [5.74, 6) is 0. The van der Waals surface area contributed by atoms with Gasteiger partial charge in [0.05, 0.1) is 18.4 Å². The Morgan fingerprint density at radius 3 is 2.48 bits per heavy atom. The van der Waals surface area contributed by atoms with Crippen LogP contribution in [0.3, 0.4) is 0 Å². The first-order valence-corrected chi connectivity index (χ1v) is 7.24. The molecule has 1 heterocycles. The van der Waals surface area contributed by atoms with Crippen molar-refractivity contribution in [2.24, 2.45) is 0 Å². The highest BCUT2D eigenvalue weighted by molar-refractivity contribution is 5.86. The number of aromatic nitrogens is 3. The lowest BCUT2D eigenvalue weighted by molar-refractivity contribution is 0.343. The average Bonchev–Trinajstić information content (AvgIpc) is 3.01. The standard InChI is InChI=1S/C17H20N4/c1-20(2)13-10-17(21-18-11-12-19-21)16-9-5-7-14-6-3-4-8-15(14)16/h3-9,11-12,17H,10,13H2,1-2H3. The van der Waals surface area contributed by atoms with Crippen molar-refractivity contribution in [3.63, 3.8) is 0 Å². The molecule has 0 saturated heterocycles. The Morgan fingerprint density at radius 1 is 1.00 bits per heavy atom. The maximum atomic E-state index is 4.36. The summed E-state index contributed by atoms with van der Waals surface area (Å²) >= 11 is 0. The maximum Gasteiger partial charge on any atom is 0.0983 e. The predicted molar refractivity (Wildman–Crippen MR) is 85.3 cm³/mol. The van der Waals surface area contributed by atoms with E-state index in [1.54, 1.807) is 12.4 Å². The lowest BCUT2D eigenvalue weighted by atomic mass is 9.97. The molecule has 108 valence electrons. The Morgan fingerprint density at radius 2 is 1.71 bits per heavy atom. The fourth-order valence-electron chi connectivity index (χ4n) is 2.70. The van der Waals surface area contributed by atoms with E-state index >= 15 is 0 Å². The molecule has 0 aliphatic heterocycles. The third-order valence-corrected chi connectivity index (χ3v) is 3.75. The van der Waals surface area contributed by atoms with Crippen LogP contribution >= 0.6 is 0 Å².